The van der Waals surface area contributed by atoms with E-state index in [9.17, 15) is 25.3 Å². The van der Waals surface area contributed by atoms with Gasteiger partial charge in [-0.25, -0.2) is 25.3 Å². The number of halogens is 1. The summed E-state index contributed by atoms with van der Waals surface area (Å²) in [6.45, 7) is 0. The molecule has 19 heavy (non-hydrogen) atoms. The molecule has 0 atom stereocenters. The Kier molecular flexibility index (Phi) is 4.35. The van der Waals surface area contributed by atoms with Gasteiger partial charge >= 0.3 is 0 Å². The predicted octanol–water partition coefficient (Wildman–Crippen LogP) is 0.562. The molecule has 0 aliphatic carbocycles. The van der Waals surface area contributed by atoms with Crippen LogP contribution in [0.15, 0.2) is 28.0 Å². The zero-order valence-corrected chi connectivity index (χ0v) is 13.2. The minimum absolute atomic E-state index is 0.0998. The average molecular weight is 347 g/mol. The first-order valence-corrected chi connectivity index (χ1v) is 11.0. The van der Waals surface area contributed by atoms with Crippen LogP contribution in [0.5, 0.6) is 0 Å². The lowest BCUT2D eigenvalue weighted by molar-refractivity contribution is 0.588. The lowest BCUT2D eigenvalue weighted by atomic mass is 10.2. The molecule has 0 bridgehead atoms. The number of hydrogen-bond acceptors (Lipinski definition) is 6. The Morgan fingerprint density at radius 1 is 0.895 bits per heavy atom. The van der Waals surface area contributed by atoms with Crippen molar-refractivity contribution in [2.75, 3.05) is 12.5 Å². The van der Waals surface area contributed by atoms with Gasteiger partial charge in [0, 0.05) is 23.2 Å². The fourth-order valence-electron chi connectivity index (χ4n) is 1.44. The Bertz CT molecular complexity index is 806. The highest BCUT2D eigenvalue weighted by Crippen LogP contribution is 2.24. The van der Waals surface area contributed by atoms with Crippen molar-refractivity contribution in [1.82, 2.24) is 0 Å². The molecule has 6 nitrogen and oxygen atoms in total. The van der Waals surface area contributed by atoms with Crippen LogP contribution >= 0.6 is 10.7 Å². The van der Waals surface area contributed by atoms with Gasteiger partial charge < -0.3 is 0 Å². The largest absolute Gasteiger partial charge is 0.236 e. The third-order valence-electron chi connectivity index (χ3n) is 2.15. The van der Waals surface area contributed by atoms with E-state index in [1.807, 2.05) is 0 Å². The molecule has 108 valence electrons. The first-order valence-electron chi connectivity index (χ1n) is 4.76. The van der Waals surface area contributed by atoms with E-state index >= 15 is 0 Å². The Morgan fingerprint density at radius 3 is 1.74 bits per heavy atom. The van der Waals surface area contributed by atoms with E-state index in [0.29, 0.717) is 0 Å². The standard InChI is InChI=1S/C9H11ClO6S3/c1-17(11,12)8-4-3-7(6-19(10,15)16)5-9(8)18(2,13)14/h3-5H,6H2,1-2H3. The highest BCUT2D eigenvalue weighted by molar-refractivity contribution is 8.13. The number of benzene rings is 1. The molecule has 0 heterocycles. The second-order valence-corrected chi connectivity index (χ2v) is 10.8. The molecule has 0 aliphatic rings. The van der Waals surface area contributed by atoms with Gasteiger partial charge in [-0.05, 0) is 17.7 Å². The van der Waals surface area contributed by atoms with Crippen molar-refractivity contribution in [2.24, 2.45) is 0 Å². The molecule has 0 radical (unpaired) electrons. The maximum absolute atomic E-state index is 11.6. The molecule has 0 amide bonds. The second-order valence-electron chi connectivity index (χ2n) is 4.01. The van der Waals surface area contributed by atoms with Crippen LogP contribution in [0.1, 0.15) is 5.56 Å². The molecular weight excluding hydrogens is 336 g/mol. The van der Waals surface area contributed by atoms with Gasteiger partial charge in [0.2, 0.25) is 9.05 Å². The van der Waals surface area contributed by atoms with E-state index in [2.05, 4.69) is 0 Å². The summed E-state index contributed by atoms with van der Waals surface area (Å²) in [5, 5.41) is 0. The molecule has 0 spiro atoms. The van der Waals surface area contributed by atoms with Gasteiger partial charge in [0.15, 0.2) is 19.7 Å². The predicted molar refractivity (Wildman–Crippen MR) is 71.1 cm³/mol. The highest BCUT2D eigenvalue weighted by Gasteiger charge is 2.22. The molecule has 1 aromatic rings. The molecule has 0 aromatic heterocycles. The zero-order chi connectivity index (χ0) is 15.1. The number of sulfone groups is 2. The van der Waals surface area contributed by atoms with Crippen LogP contribution in [0, 0.1) is 0 Å². The highest BCUT2D eigenvalue weighted by atomic mass is 35.7. The fraction of sp³-hybridized carbons (Fsp3) is 0.333. The lowest BCUT2D eigenvalue weighted by Crippen LogP contribution is -2.09. The summed E-state index contributed by atoms with van der Waals surface area (Å²) in [4.78, 5) is -0.807. The van der Waals surface area contributed by atoms with Crippen molar-refractivity contribution < 1.29 is 25.3 Å². The van der Waals surface area contributed by atoms with E-state index in [-0.39, 0.29) is 10.5 Å². The van der Waals surface area contributed by atoms with Gasteiger partial charge in [-0.2, -0.15) is 0 Å². The third-order valence-corrected chi connectivity index (χ3v) is 5.57. The van der Waals surface area contributed by atoms with Crippen LogP contribution in [0.4, 0.5) is 0 Å². The van der Waals surface area contributed by atoms with Crippen molar-refractivity contribution in [3.8, 4) is 0 Å². The SMILES string of the molecule is CS(=O)(=O)c1ccc(CS(=O)(=O)Cl)cc1S(C)(=O)=O. The maximum Gasteiger partial charge on any atom is 0.236 e. The van der Waals surface area contributed by atoms with E-state index in [0.717, 1.165) is 24.6 Å². The summed E-state index contributed by atoms with van der Waals surface area (Å²) < 4.78 is 68.0. The molecule has 0 aliphatic heterocycles. The van der Waals surface area contributed by atoms with E-state index in [4.69, 9.17) is 10.7 Å². The number of rotatable bonds is 4. The van der Waals surface area contributed by atoms with Crippen molar-refractivity contribution >= 4 is 39.4 Å². The molecule has 0 fully saturated rings. The van der Waals surface area contributed by atoms with Gasteiger partial charge in [-0.3, -0.25) is 0 Å². The number of hydrogen-bond donors (Lipinski definition) is 0. The zero-order valence-electron chi connectivity index (χ0n) is 9.99. The molecule has 0 saturated heterocycles. The minimum atomic E-state index is -3.86. The van der Waals surface area contributed by atoms with Crippen LogP contribution in [0.2, 0.25) is 0 Å². The Hall–Kier alpha value is -0.640. The summed E-state index contributed by atoms with van der Waals surface area (Å²) in [5.74, 6) is -0.582. The first kappa shape index (κ1) is 16.4. The average Bonchev–Trinajstić information content (AvgIpc) is 2.11. The van der Waals surface area contributed by atoms with Crippen molar-refractivity contribution in [1.29, 1.82) is 0 Å². The van der Waals surface area contributed by atoms with Gasteiger partial charge in [0.1, 0.15) is 0 Å². The Morgan fingerprint density at radius 2 is 1.37 bits per heavy atom. The van der Waals surface area contributed by atoms with Gasteiger partial charge in [0.25, 0.3) is 0 Å². The molecule has 1 aromatic carbocycles. The van der Waals surface area contributed by atoms with Crippen molar-refractivity contribution in [3.63, 3.8) is 0 Å². The van der Waals surface area contributed by atoms with Crippen LogP contribution in [0.3, 0.4) is 0 Å². The van der Waals surface area contributed by atoms with Crippen LogP contribution in [-0.2, 0) is 34.5 Å². The van der Waals surface area contributed by atoms with E-state index in [1.54, 1.807) is 0 Å². The molecule has 1 rings (SSSR count). The maximum atomic E-state index is 11.6. The lowest BCUT2D eigenvalue weighted by Gasteiger charge is -2.08. The molecule has 10 heteroatoms. The monoisotopic (exact) mass is 346 g/mol. The third kappa shape index (κ3) is 4.75. The van der Waals surface area contributed by atoms with Gasteiger partial charge in [-0.15, -0.1) is 0 Å². The van der Waals surface area contributed by atoms with Gasteiger partial charge in [0.05, 0.1) is 15.5 Å². The normalized spacial score (nSPS) is 13.4. The summed E-state index contributed by atoms with van der Waals surface area (Å²) in [7, 11) is -6.34. The summed E-state index contributed by atoms with van der Waals surface area (Å²) in [5.41, 5.74) is 0.0998. The van der Waals surface area contributed by atoms with Gasteiger partial charge in [-0.1, -0.05) is 6.07 Å². The fourth-order valence-corrected chi connectivity index (χ4v) is 4.84. The van der Waals surface area contributed by atoms with E-state index in [1.165, 1.54) is 6.07 Å². The summed E-state index contributed by atoms with van der Waals surface area (Å²) in [6, 6.07) is 3.28. The molecule has 0 saturated carbocycles. The summed E-state index contributed by atoms with van der Waals surface area (Å²) in [6.07, 6.45) is 1.71. The Labute approximate surface area is 116 Å². The van der Waals surface area contributed by atoms with Crippen molar-refractivity contribution in [2.45, 2.75) is 15.5 Å². The molecular formula is C9H11ClO6S3. The topological polar surface area (TPSA) is 102 Å². The smallest absolute Gasteiger partial charge is 0.224 e. The van der Waals surface area contributed by atoms with Crippen LogP contribution < -0.4 is 0 Å². The van der Waals surface area contributed by atoms with Crippen LogP contribution in [-0.4, -0.2) is 37.8 Å². The van der Waals surface area contributed by atoms with E-state index < -0.39 is 39.4 Å². The van der Waals surface area contributed by atoms with Crippen LogP contribution in [0.25, 0.3) is 0 Å². The first-order chi connectivity index (χ1) is 8.31. The second kappa shape index (κ2) is 5.04. The van der Waals surface area contributed by atoms with Crippen molar-refractivity contribution in [3.05, 3.63) is 23.8 Å². The summed E-state index contributed by atoms with van der Waals surface area (Å²) >= 11 is 0. The molecule has 0 unspecified atom stereocenters. The Balaban J connectivity index is 3.59. The minimum Gasteiger partial charge on any atom is -0.224 e. The molecule has 0 N–H and O–H groups in total. The quantitative estimate of drug-likeness (QED) is 0.738.